The van der Waals surface area contributed by atoms with E-state index in [-0.39, 0.29) is 0 Å². The fourth-order valence-electron chi connectivity index (χ4n) is 2.54. The second-order valence-corrected chi connectivity index (χ2v) is 5.52. The molecule has 24 heavy (non-hydrogen) atoms. The van der Waals surface area contributed by atoms with Crippen LogP contribution in [0.1, 0.15) is 18.4 Å². The van der Waals surface area contributed by atoms with Crippen LogP contribution in [0.4, 0.5) is 0 Å². The molecule has 0 saturated heterocycles. The van der Waals surface area contributed by atoms with E-state index in [1.807, 2.05) is 30.3 Å². The Morgan fingerprint density at radius 2 is 1.96 bits per heavy atom. The van der Waals surface area contributed by atoms with Crippen LogP contribution < -0.4 is 10.6 Å². The van der Waals surface area contributed by atoms with Gasteiger partial charge in [0.15, 0.2) is 5.96 Å². The van der Waals surface area contributed by atoms with Crippen molar-refractivity contribution in [2.24, 2.45) is 4.99 Å². The van der Waals surface area contributed by atoms with Gasteiger partial charge < -0.3 is 19.5 Å². The van der Waals surface area contributed by atoms with Crippen molar-refractivity contribution in [3.63, 3.8) is 0 Å². The third-order valence-corrected chi connectivity index (χ3v) is 3.69. The van der Waals surface area contributed by atoms with Crippen LogP contribution in [0.15, 0.2) is 62.6 Å². The number of benzene rings is 1. The van der Waals surface area contributed by atoms with E-state index in [1.54, 1.807) is 6.26 Å². The van der Waals surface area contributed by atoms with Gasteiger partial charge in [0.05, 0.1) is 6.26 Å². The van der Waals surface area contributed by atoms with Gasteiger partial charge in [0.25, 0.3) is 0 Å². The quantitative estimate of drug-likeness (QED) is 0.516. The molecule has 126 valence electrons. The summed E-state index contributed by atoms with van der Waals surface area (Å²) in [7, 11) is 0. The van der Waals surface area contributed by atoms with Gasteiger partial charge in [0.1, 0.15) is 17.1 Å². The number of aliphatic imine (C=N–C) groups is 1. The summed E-state index contributed by atoms with van der Waals surface area (Å²) in [5.41, 5.74) is 0.937. The molecular weight excluding hydrogens is 302 g/mol. The number of rotatable bonds is 7. The maximum atomic E-state index is 5.83. The number of fused-ring (bicyclic) bond motifs is 1. The van der Waals surface area contributed by atoms with Crippen molar-refractivity contribution in [3.05, 3.63) is 60.2 Å². The Kier molecular flexibility index (Phi) is 5.56. The third kappa shape index (κ3) is 4.41. The average molecular weight is 325 g/mol. The molecule has 3 rings (SSSR count). The zero-order chi connectivity index (χ0) is 16.6. The molecule has 5 heteroatoms. The molecule has 0 saturated carbocycles. The number of hydrogen-bond donors (Lipinski definition) is 2. The largest absolute Gasteiger partial charge is 0.469 e. The summed E-state index contributed by atoms with van der Waals surface area (Å²) in [4.78, 5) is 4.57. The van der Waals surface area contributed by atoms with E-state index in [9.17, 15) is 0 Å². The van der Waals surface area contributed by atoms with Gasteiger partial charge in [0, 0.05) is 37.9 Å². The fraction of sp³-hybridized carbons (Fsp3) is 0.316. The zero-order valence-electron chi connectivity index (χ0n) is 13.9. The van der Waals surface area contributed by atoms with Gasteiger partial charge in [-0.15, -0.1) is 0 Å². The number of guanidine groups is 1. The molecule has 1 aromatic carbocycles. The maximum Gasteiger partial charge on any atom is 0.191 e. The molecule has 2 aromatic heterocycles. The first-order valence-electron chi connectivity index (χ1n) is 8.37. The van der Waals surface area contributed by atoms with E-state index in [0.717, 1.165) is 54.4 Å². The topological polar surface area (TPSA) is 62.7 Å². The van der Waals surface area contributed by atoms with Crippen LogP contribution >= 0.6 is 0 Å². The molecule has 0 radical (unpaired) electrons. The Morgan fingerprint density at radius 3 is 2.75 bits per heavy atom. The summed E-state index contributed by atoms with van der Waals surface area (Å²) in [6.45, 7) is 4.35. The minimum Gasteiger partial charge on any atom is -0.469 e. The molecular formula is C19H23N3O2. The van der Waals surface area contributed by atoms with Gasteiger partial charge in [-0.05, 0) is 31.2 Å². The van der Waals surface area contributed by atoms with Crippen LogP contribution in [0, 0.1) is 0 Å². The molecule has 0 aliphatic carbocycles. The number of nitrogens with zero attached hydrogens (tertiary/aromatic N) is 1. The normalized spacial score (nSPS) is 11.8. The SMILES string of the molecule is CCNC(=NCCc1ccco1)NCCc1cc2ccccc2o1. The number of para-hydroxylation sites is 1. The van der Waals surface area contributed by atoms with Crippen LogP contribution in [0.2, 0.25) is 0 Å². The van der Waals surface area contributed by atoms with E-state index in [2.05, 4.69) is 34.7 Å². The monoisotopic (exact) mass is 325 g/mol. The minimum atomic E-state index is 0.688. The Labute approximate surface area is 141 Å². The van der Waals surface area contributed by atoms with E-state index in [0.29, 0.717) is 6.54 Å². The second-order valence-electron chi connectivity index (χ2n) is 5.52. The van der Waals surface area contributed by atoms with E-state index >= 15 is 0 Å². The third-order valence-electron chi connectivity index (χ3n) is 3.69. The highest BCUT2D eigenvalue weighted by Gasteiger charge is 2.04. The molecule has 0 atom stereocenters. The molecule has 0 spiro atoms. The molecule has 0 aliphatic heterocycles. The van der Waals surface area contributed by atoms with Gasteiger partial charge in [-0.1, -0.05) is 18.2 Å². The Morgan fingerprint density at radius 1 is 1.04 bits per heavy atom. The summed E-state index contributed by atoms with van der Waals surface area (Å²) < 4.78 is 11.1. The highest BCUT2D eigenvalue weighted by molar-refractivity contribution is 5.80. The maximum absolute atomic E-state index is 5.83. The van der Waals surface area contributed by atoms with Crippen LogP contribution in [-0.2, 0) is 12.8 Å². The fourth-order valence-corrected chi connectivity index (χ4v) is 2.54. The first-order valence-corrected chi connectivity index (χ1v) is 8.37. The average Bonchev–Trinajstić information content (AvgIpc) is 3.23. The summed E-state index contributed by atoms with van der Waals surface area (Å²) in [6, 6.07) is 14.0. The van der Waals surface area contributed by atoms with Crippen molar-refractivity contribution < 1.29 is 8.83 Å². The Balaban J connectivity index is 1.49. The summed E-state index contributed by atoms with van der Waals surface area (Å²) in [5.74, 6) is 2.76. The van der Waals surface area contributed by atoms with E-state index in [1.165, 1.54) is 0 Å². The van der Waals surface area contributed by atoms with Crippen molar-refractivity contribution in [1.82, 2.24) is 10.6 Å². The molecule has 3 aromatic rings. The lowest BCUT2D eigenvalue weighted by Crippen LogP contribution is -2.38. The Hall–Kier alpha value is -2.69. The standard InChI is InChI=1S/C19H23N3O2/c1-2-20-19(21-11-9-16-7-5-13-23-16)22-12-10-17-14-15-6-3-4-8-18(15)24-17/h3-8,13-14H,2,9-12H2,1H3,(H2,20,21,22). The van der Waals surface area contributed by atoms with Gasteiger partial charge in [-0.3, -0.25) is 4.99 Å². The predicted octanol–water partition coefficient (Wildman–Crippen LogP) is 3.37. The zero-order valence-corrected chi connectivity index (χ0v) is 13.9. The van der Waals surface area contributed by atoms with Crippen molar-refractivity contribution in [2.45, 2.75) is 19.8 Å². The molecule has 0 amide bonds. The van der Waals surface area contributed by atoms with Crippen molar-refractivity contribution >= 4 is 16.9 Å². The molecule has 5 nitrogen and oxygen atoms in total. The number of furan rings is 2. The van der Waals surface area contributed by atoms with Gasteiger partial charge in [0.2, 0.25) is 0 Å². The summed E-state index contributed by atoms with van der Waals surface area (Å²) >= 11 is 0. The summed E-state index contributed by atoms with van der Waals surface area (Å²) in [6.07, 6.45) is 3.31. The lowest BCUT2D eigenvalue weighted by atomic mass is 10.2. The van der Waals surface area contributed by atoms with Crippen LogP contribution in [0.25, 0.3) is 11.0 Å². The molecule has 2 heterocycles. The van der Waals surface area contributed by atoms with E-state index < -0.39 is 0 Å². The number of hydrogen-bond acceptors (Lipinski definition) is 3. The van der Waals surface area contributed by atoms with Gasteiger partial charge in [-0.2, -0.15) is 0 Å². The van der Waals surface area contributed by atoms with Crippen molar-refractivity contribution in [2.75, 3.05) is 19.6 Å². The molecule has 0 aliphatic rings. The van der Waals surface area contributed by atoms with E-state index in [4.69, 9.17) is 8.83 Å². The second kappa shape index (κ2) is 8.24. The highest BCUT2D eigenvalue weighted by Crippen LogP contribution is 2.18. The van der Waals surface area contributed by atoms with Crippen molar-refractivity contribution in [1.29, 1.82) is 0 Å². The molecule has 0 unspecified atom stereocenters. The highest BCUT2D eigenvalue weighted by atomic mass is 16.3. The number of nitrogens with one attached hydrogen (secondary N) is 2. The van der Waals surface area contributed by atoms with Crippen LogP contribution in [0.3, 0.4) is 0 Å². The van der Waals surface area contributed by atoms with Gasteiger partial charge in [-0.25, -0.2) is 0 Å². The predicted molar refractivity (Wildman–Crippen MR) is 96.3 cm³/mol. The molecule has 0 fully saturated rings. The first-order chi connectivity index (χ1) is 11.8. The van der Waals surface area contributed by atoms with Crippen molar-refractivity contribution in [3.8, 4) is 0 Å². The lowest BCUT2D eigenvalue weighted by Gasteiger charge is -2.10. The first kappa shape index (κ1) is 16.2. The van der Waals surface area contributed by atoms with Gasteiger partial charge >= 0.3 is 0 Å². The smallest absolute Gasteiger partial charge is 0.191 e. The Bertz CT molecular complexity index is 742. The van der Waals surface area contributed by atoms with Crippen LogP contribution in [0.5, 0.6) is 0 Å². The molecule has 2 N–H and O–H groups in total. The summed E-state index contributed by atoms with van der Waals surface area (Å²) in [5, 5.41) is 7.74. The van der Waals surface area contributed by atoms with Crippen LogP contribution in [-0.4, -0.2) is 25.6 Å². The lowest BCUT2D eigenvalue weighted by molar-refractivity contribution is 0.510. The minimum absolute atomic E-state index is 0.688. The molecule has 0 bridgehead atoms.